The molecule has 1 aliphatic heterocycles. The van der Waals surface area contributed by atoms with Gasteiger partial charge in [-0.3, -0.25) is 0 Å². The maximum Gasteiger partial charge on any atom is 0.141 e. The molecule has 166 valence electrons. The Morgan fingerprint density at radius 2 is 2.03 bits per heavy atom. The first-order valence-electron chi connectivity index (χ1n) is 11.7. The molecule has 0 radical (unpaired) electrons. The first kappa shape index (κ1) is 20.1. The average molecular weight is 437 g/mol. The van der Waals surface area contributed by atoms with Gasteiger partial charge in [-0.2, -0.15) is 0 Å². The Labute approximate surface area is 193 Å². The van der Waals surface area contributed by atoms with Gasteiger partial charge in [0, 0.05) is 60.0 Å². The molecular weight excluding hydrogens is 408 g/mol. The first-order chi connectivity index (χ1) is 16.2. The summed E-state index contributed by atoms with van der Waals surface area (Å²) in [5.74, 6) is 0.373. The summed E-state index contributed by atoms with van der Waals surface area (Å²) in [6.07, 6.45) is 8.09. The van der Waals surface area contributed by atoms with Gasteiger partial charge in [-0.1, -0.05) is 24.3 Å². The summed E-state index contributed by atoms with van der Waals surface area (Å²) in [5, 5.41) is 8.62. The number of H-pyrrole nitrogens is 1. The number of hydrogen-bond acceptors (Lipinski definition) is 5. The molecule has 2 aromatic heterocycles. The molecular formula is C27H28N6. The molecule has 33 heavy (non-hydrogen) atoms. The van der Waals surface area contributed by atoms with Gasteiger partial charge in [0.25, 0.3) is 0 Å². The van der Waals surface area contributed by atoms with Crippen molar-refractivity contribution >= 4 is 22.9 Å². The van der Waals surface area contributed by atoms with Crippen molar-refractivity contribution in [3.8, 4) is 11.3 Å². The zero-order valence-electron chi connectivity index (χ0n) is 18.6. The molecule has 2 aromatic carbocycles. The van der Waals surface area contributed by atoms with E-state index in [0.29, 0.717) is 12.5 Å². The molecule has 1 aliphatic carbocycles. The van der Waals surface area contributed by atoms with Gasteiger partial charge in [-0.15, -0.1) is 0 Å². The molecule has 6 heteroatoms. The molecule has 6 nitrogen and oxygen atoms in total. The van der Waals surface area contributed by atoms with Gasteiger partial charge >= 0.3 is 0 Å². The van der Waals surface area contributed by atoms with E-state index in [2.05, 4.69) is 62.3 Å². The smallest absolute Gasteiger partial charge is 0.141 e. The second-order valence-electron chi connectivity index (χ2n) is 9.50. The first-order valence-corrected chi connectivity index (χ1v) is 11.7. The maximum atomic E-state index is 7.59. The molecule has 1 fully saturated rings. The third-order valence-electron chi connectivity index (χ3n) is 7.57. The monoisotopic (exact) mass is 436 g/mol. The molecule has 0 bridgehead atoms. The van der Waals surface area contributed by atoms with Gasteiger partial charge in [-0.25, -0.2) is 9.97 Å². The van der Waals surface area contributed by atoms with Gasteiger partial charge in [0.2, 0.25) is 0 Å². The normalized spacial score (nSPS) is 22.1. The fraction of sp³-hybridized carbons (Fsp3) is 0.296. The van der Waals surface area contributed by atoms with E-state index in [9.17, 15) is 0 Å². The van der Waals surface area contributed by atoms with E-state index in [1.165, 1.54) is 22.4 Å². The standard InChI is InChI=1S/C27H28N6/c28-14-18-7-9-33(15-18)23-5-4-20-12-27(16-29,13-21(20)11-23)22-3-1-2-19(10-22)25-24-6-8-30-26(24)32-17-31-25/h1-6,8,10-11,14,17-18,28H,7,9,12-13,15-16,29H2,(H,30,31,32). The number of benzene rings is 2. The number of hydrogen-bond donors (Lipinski definition) is 3. The Morgan fingerprint density at radius 3 is 2.88 bits per heavy atom. The van der Waals surface area contributed by atoms with Crippen LogP contribution in [-0.2, 0) is 18.3 Å². The van der Waals surface area contributed by atoms with Crippen LogP contribution in [0, 0.1) is 11.3 Å². The maximum absolute atomic E-state index is 7.59. The molecule has 0 spiro atoms. The largest absolute Gasteiger partial charge is 0.371 e. The molecule has 0 amide bonds. The molecule has 3 heterocycles. The number of aromatic nitrogens is 3. The van der Waals surface area contributed by atoms with Crippen LogP contribution < -0.4 is 10.6 Å². The summed E-state index contributed by atoms with van der Waals surface area (Å²) in [6.45, 7) is 2.57. The van der Waals surface area contributed by atoms with Gasteiger partial charge in [-0.05, 0) is 60.2 Å². The number of anilines is 1. The molecule has 0 saturated carbocycles. The topological polar surface area (TPSA) is 94.7 Å². The minimum atomic E-state index is -0.107. The lowest BCUT2D eigenvalue weighted by Crippen LogP contribution is -2.36. The summed E-state index contributed by atoms with van der Waals surface area (Å²) in [5.41, 5.74) is 14.6. The number of aromatic amines is 1. The van der Waals surface area contributed by atoms with E-state index in [1.54, 1.807) is 12.5 Å². The fourth-order valence-corrected chi connectivity index (χ4v) is 5.66. The zero-order chi connectivity index (χ0) is 22.4. The van der Waals surface area contributed by atoms with Gasteiger partial charge in [0.1, 0.15) is 12.0 Å². The highest BCUT2D eigenvalue weighted by molar-refractivity contribution is 5.90. The van der Waals surface area contributed by atoms with Crippen LogP contribution in [0.4, 0.5) is 5.69 Å². The summed E-state index contributed by atoms with van der Waals surface area (Å²) in [6, 6.07) is 17.7. The fourth-order valence-electron chi connectivity index (χ4n) is 5.66. The van der Waals surface area contributed by atoms with Gasteiger partial charge < -0.3 is 21.0 Å². The van der Waals surface area contributed by atoms with Crippen LogP contribution >= 0.6 is 0 Å². The second-order valence-corrected chi connectivity index (χ2v) is 9.50. The van der Waals surface area contributed by atoms with Crippen LogP contribution in [0.5, 0.6) is 0 Å². The highest BCUT2D eigenvalue weighted by atomic mass is 15.1. The van der Waals surface area contributed by atoms with E-state index in [4.69, 9.17) is 11.1 Å². The Kier molecular flexibility index (Phi) is 4.76. The summed E-state index contributed by atoms with van der Waals surface area (Å²) in [7, 11) is 0. The van der Waals surface area contributed by atoms with E-state index < -0.39 is 0 Å². The van der Waals surface area contributed by atoms with E-state index in [1.807, 2.05) is 12.3 Å². The number of nitrogens with one attached hydrogen (secondary N) is 2. The van der Waals surface area contributed by atoms with Crippen molar-refractivity contribution in [3.05, 3.63) is 77.7 Å². The Balaban J connectivity index is 1.34. The lowest BCUT2D eigenvalue weighted by atomic mass is 9.77. The van der Waals surface area contributed by atoms with Crippen molar-refractivity contribution in [3.63, 3.8) is 0 Å². The van der Waals surface area contributed by atoms with Crippen LogP contribution in [0.15, 0.2) is 61.1 Å². The van der Waals surface area contributed by atoms with Crippen LogP contribution in [-0.4, -0.2) is 40.8 Å². The molecule has 2 atom stereocenters. The number of fused-ring (bicyclic) bond motifs is 2. The van der Waals surface area contributed by atoms with Crippen molar-refractivity contribution in [1.82, 2.24) is 15.0 Å². The quantitative estimate of drug-likeness (QED) is 0.411. The number of rotatable bonds is 5. The van der Waals surface area contributed by atoms with Gasteiger partial charge in [0.05, 0.1) is 5.69 Å². The third-order valence-corrected chi connectivity index (χ3v) is 7.57. The SMILES string of the molecule is N=CC1CCN(c2ccc3c(c2)CC(CN)(c2cccc(-c4ncnc5[nH]ccc45)c2)C3)C1. The van der Waals surface area contributed by atoms with E-state index in [0.717, 1.165) is 54.6 Å². The van der Waals surface area contributed by atoms with Crippen molar-refractivity contribution in [2.45, 2.75) is 24.7 Å². The van der Waals surface area contributed by atoms with Gasteiger partial charge in [0.15, 0.2) is 0 Å². The Hall–Kier alpha value is -3.51. The Bertz CT molecular complexity index is 1340. The van der Waals surface area contributed by atoms with E-state index >= 15 is 0 Å². The molecule has 2 aliphatic rings. The predicted octanol–water partition coefficient (Wildman–Crippen LogP) is 4.10. The average Bonchev–Trinajstić information content (AvgIpc) is 3.61. The van der Waals surface area contributed by atoms with Crippen LogP contribution in [0.1, 0.15) is 23.1 Å². The predicted molar refractivity (Wildman–Crippen MR) is 133 cm³/mol. The molecule has 4 aromatic rings. The lowest BCUT2D eigenvalue weighted by molar-refractivity contribution is 0.464. The van der Waals surface area contributed by atoms with E-state index in [-0.39, 0.29) is 5.41 Å². The number of nitrogens with two attached hydrogens (primary N) is 1. The minimum Gasteiger partial charge on any atom is -0.371 e. The van der Waals surface area contributed by atoms with Crippen LogP contribution in [0.2, 0.25) is 0 Å². The molecule has 4 N–H and O–H groups in total. The highest BCUT2D eigenvalue weighted by Crippen LogP contribution is 2.42. The Morgan fingerprint density at radius 1 is 1.12 bits per heavy atom. The third kappa shape index (κ3) is 3.33. The van der Waals surface area contributed by atoms with Crippen molar-refractivity contribution in [2.75, 3.05) is 24.5 Å². The second kappa shape index (κ2) is 7.81. The lowest BCUT2D eigenvalue weighted by Gasteiger charge is -2.28. The van der Waals surface area contributed by atoms with Crippen molar-refractivity contribution < 1.29 is 0 Å². The van der Waals surface area contributed by atoms with Crippen LogP contribution in [0.25, 0.3) is 22.3 Å². The van der Waals surface area contributed by atoms with Crippen molar-refractivity contribution in [2.24, 2.45) is 11.7 Å². The summed E-state index contributed by atoms with van der Waals surface area (Å²) < 4.78 is 0. The van der Waals surface area contributed by atoms with Crippen molar-refractivity contribution in [1.29, 1.82) is 5.41 Å². The summed E-state index contributed by atoms with van der Waals surface area (Å²) >= 11 is 0. The number of nitrogens with zero attached hydrogens (tertiary/aromatic N) is 3. The van der Waals surface area contributed by atoms with Crippen LogP contribution in [0.3, 0.4) is 0 Å². The zero-order valence-corrected chi connectivity index (χ0v) is 18.6. The minimum absolute atomic E-state index is 0.107. The molecule has 2 unspecified atom stereocenters. The highest BCUT2D eigenvalue weighted by Gasteiger charge is 2.38. The molecule has 1 saturated heterocycles. The summed E-state index contributed by atoms with van der Waals surface area (Å²) in [4.78, 5) is 14.5. The molecule has 6 rings (SSSR count).